The molecule has 1 heteroatoms. The van der Waals surface area contributed by atoms with Gasteiger partial charge in [-0.05, 0) is 119 Å². The number of fused-ring (bicyclic) bond motifs is 6. The van der Waals surface area contributed by atoms with Crippen LogP contribution in [0.4, 0.5) is 0 Å². The van der Waals surface area contributed by atoms with Crippen LogP contribution in [0, 0.1) is 23.7 Å². The molecule has 12 rings (SSSR count). The number of aromatic nitrogens is 1. The fourth-order valence-corrected chi connectivity index (χ4v) is 11.1. The van der Waals surface area contributed by atoms with Gasteiger partial charge in [-0.3, -0.25) is 0 Å². The summed E-state index contributed by atoms with van der Waals surface area (Å²) in [5.41, 5.74) is 15.3. The van der Waals surface area contributed by atoms with Crippen LogP contribution in [0.2, 0.25) is 0 Å². The normalized spacial score (nSPS) is 25.1. The Labute approximate surface area is 270 Å². The highest BCUT2D eigenvalue weighted by Crippen LogP contribution is 2.72. The molecular weight excluding hydrogens is 555 g/mol. The van der Waals surface area contributed by atoms with E-state index >= 15 is 0 Å². The topological polar surface area (TPSA) is 4.93 Å². The fourth-order valence-electron chi connectivity index (χ4n) is 11.1. The Balaban J connectivity index is 1.09. The van der Waals surface area contributed by atoms with Crippen molar-refractivity contribution in [3.63, 3.8) is 0 Å². The highest BCUT2D eigenvalue weighted by molar-refractivity contribution is 6.11. The number of para-hydroxylation sites is 2. The SMILES string of the molecule is c1ccc(-c2ccccc2-n2c3ccccc3c3cc(-c4ccc5c(c4)-c4ccccc4C54C5CC6CC(C5)C4C6)ccc32)cc1. The maximum Gasteiger partial charge on any atom is 0.0541 e. The second-order valence-electron chi connectivity index (χ2n) is 14.5. The van der Waals surface area contributed by atoms with Crippen LogP contribution in [0.15, 0.2) is 140 Å². The molecule has 6 aromatic carbocycles. The maximum absolute atomic E-state index is 2.54. The first-order valence-electron chi connectivity index (χ1n) is 17.2. The van der Waals surface area contributed by atoms with Gasteiger partial charge in [0.25, 0.3) is 0 Å². The quantitative estimate of drug-likeness (QED) is 0.193. The number of rotatable bonds is 3. The zero-order valence-corrected chi connectivity index (χ0v) is 25.9. The maximum atomic E-state index is 2.54. The monoisotopic (exact) mass is 589 g/mol. The van der Waals surface area contributed by atoms with Crippen LogP contribution in [0.25, 0.3) is 60.9 Å². The van der Waals surface area contributed by atoms with Crippen LogP contribution in [0.5, 0.6) is 0 Å². The third-order valence-electron chi connectivity index (χ3n) is 12.6. The van der Waals surface area contributed by atoms with Crippen LogP contribution < -0.4 is 0 Å². The van der Waals surface area contributed by atoms with Crippen molar-refractivity contribution < 1.29 is 0 Å². The average molecular weight is 590 g/mol. The highest BCUT2D eigenvalue weighted by Gasteiger charge is 2.65. The predicted molar refractivity (Wildman–Crippen MR) is 190 cm³/mol. The van der Waals surface area contributed by atoms with Gasteiger partial charge >= 0.3 is 0 Å². The summed E-state index contributed by atoms with van der Waals surface area (Å²) in [5, 5.41) is 2.60. The lowest BCUT2D eigenvalue weighted by molar-refractivity contribution is 0.191. The molecular formula is C45H35N. The second-order valence-corrected chi connectivity index (χ2v) is 14.5. The van der Waals surface area contributed by atoms with Crippen molar-refractivity contribution in [1.29, 1.82) is 0 Å². The van der Waals surface area contributed by atoms with E-state index in [2.05, 4.69) is 144 Å². The molecule has 1 heterocycles. The molecule has 0 amide bonds. The van der Waals surface area contributed by atoms with Crippen LogP contribution in [0.1, 0.15) is 36.8 Å². The van der Waals surface area contributed by atoms with Crippen molar-refractivity contribution in [2.75, 3.05) is 0 Å². The van der Waals surface area contributed by atoms with Crippen LogP contribution in [0.3, 0.4) is 0 Å². The summed E-state index contributed by atoms with van der Waals surface area (Å²) in [6.45, 7) is 0. The Bertz CT molecular complexity index is 2360. The number of hydrogen-bond donors (Lipinski definition) is 0. The summed E-state index contributed by atoms with van der Waals surface area (Å²) in [7, 11) is 0. The van der Waals surface area contributed by atoms with E-state index in [1.54, 1.807) is 11.1 Å². The first-order valence-corrected chi connectivity index (χ1v) is 17.2. The third-order valence-corrected chi connectivity index (χ3v) is 12.6. The van der Waals surface area contributed by atoms with Crippen molar-refractivity contribution in [3.05, 3.63) is 151 Å². The van der Waals surface area contributed by atoms with Crippen molar-refractivity contribution in [2.24, 2.45) is 23.7 Å². The van der Waals surface area contributed by atoms with Crippen molar-refractivity contribution in [3.8, 4) is 39.1 Å². The Morgan fingerprint density at radius 3 is 2.11 bits per heavy atom. The molecule has 46 heavy (non-hydrogen) atoms. The lowest BCUT2D eigenvalue weighted by Gasteiger charge is -2.43. The standard InChI is InChI=1S/C45H35N/c1-2-10-29(11-3-1)34-12-5-8-16-42(34)46-43-17-9-6-14-36(43)38-27-31(19-21-44(38)46)30-18-20-40-37(26-30)35-13-4-7-15-39(35)45(40)33-23-28-22-32(25-33)41(45)24-28/h1-21,26-28,32-33,41H,22-25H2. The summed E-state index contributed by atoms with van der Waals surface area (Å²) < 4.78 is 2.46. The van der Waals surface area contributed by atoms with E-state index in [4.69, 9.17) is 0 Å². The van der Waals surface area contributed by atoms with Gasteiger partial charge in [0.05, 0.1) is 16.7 Å². The van der Waals surface area contributed by atoms with E-state index in [9.17, 15) is 0 Å². The van der Waals surface area contributed by atoms with Gasteiger partial charge in [-0.2, -0.15) is 0 Å². The Kier molecular flexibility index (Phi) is 5.01. The van der Waals surface area contributed by atoms with Gasteiger partial charge in [-0.15, -0.1) is 0 Å². The molecule has 4 fully saturated rings. The third kappa shape index (κ3) is 3.16. The van der Waals surface area contributed by atoms with E-state index in [-0.39, 0.29) is 5.41 Å². The summed E-state index contributed by atoms with van der Waals surface area (Å²) in [5.74, 6) is 3.53. The Morgan fingerprint density at radius 2 is 1.20 bits per heavy atom. The minimum absolute atomic E-state index is 0.242. The molecule has 220 valence electrons. The van der Waals surface area contributed by atoms with Gasteiger partial charge in [0.2, 0.25) is 0 Å². The van der Waals surface area contributed by atoms with Gasteiger partial charge in [0.1, 0.15) is 0 Å². The molecule has 4 saturated carbocycles. The van der Waals surface area contributed by atoms with Crippen molar-refractivity contribution >= 4 is 21.8 Å². The molecule has 5 atom stereocenters. The molecule has 7 aromatic rings. The van der Waals surface area contributed by atoms with Crippen LogP contribution in [-0.2, 0) is 5.41 Å². The van der Waals surface area contributed by atoms with E-state index in [1.165, 1.54) is 86.6 Å². The summed E-state index contributed by atoms with van der Waals surface area (Å²) in [6.07, 6.45) is 5.77. The zero-order chi connectivity index (χ0) is 30.0. The van der Waals surface area contributed by atoms with Crippen LogP contribution in [-0.4, -0.2) is 4.57 Å². The molecule has 1 nitrogen and oxygen atoms in total. The summed E-state index contributed by atoms with van der Waals surface area (Å²) in [6, 6.07) is 52.6. The molecule has 5 aliphatic carbocycles. The van der Waals surface area contributed by atoms with E-state index in [1.807, 2.05) is 0 Å². The minimum Gasteiger partial charge on any atom is -0.309 e. The first-order chi connectivity index (χ1) is 22.8. The van der Waals surface area contributed by atoms with Crippen molar-refractivity contribution in [2.45, 2.75) is 31.1 Å². The highest BCUT2D eigenvalue weighted by atomic mass is 15.0. The summed E-state index contributed by atoms with van der Waals surface area (Å²) in [4.78, 5) is 0. The summed E-state index contributed by atoms with van der Waals surface area (Å²) >= 11 is 0. The van der Waals surface area contributed by atoms with Crippen LogP contribution >= 0.6 is 0 Å². The van der Waals surface area contributed by atoms with Gasteiger partial charge < -0.3 is 4.57 Å². The molecule has 5 unspecified atom stereocenters. The molecule has 0 radical (unpaired) electrons. The lowest BCUT2D eigenvalue weighted by atomic mass is 9.59. The molecule has 0 N–H and O–H groups in total. The Morgan fingerprint density at radius 1 is 0.478 bits per heavy atom. The largest absolute Gasteiger partial charge is 0.309 e. The predicted octanol–water partition coefficient (Wildman–Crippen LogP) is 11.5. The van der Waals surface area contributed by atoms with Gasteiger partial charge in [-0.1, -0.05) is 109 Å². The molecule has 0 aliphatic heterocycles. The lowest BCUT2D eigenvalue weighted by Crippen LogP contribution is -2.40. The van der Waals surface area contributed by atoms with E-state index in [0.29, 0.717) is 0 Å². The molecule has 0 saturated heterocycles. The average Bonchev–Trinajstić information content (AvgIpc) is 3.77. The molecule has 5 aliphatic rings. The second kappa shape index (κ2) is 9.10. The Hall–Kier alpha value is -4.88. The number of hydrogen-bond acceptors (Lipinski definition) is 0. The van der Waals surface area contributed by atoms with Gasteiger partial charge in [0.15, 0.2) is 0 Å². The minimum atomic E-state index is 0.242. The first kappa shape index (κ1) is 25.3. The number of nitrogens with zero attached hydrogens (tertiary/aromatic N) is 1. The molecule has 4 bridgehead atoms. The van der Waals surface area contributed by atoms with Gasteiger partial charge in [0, 0.05) is 21.8 Å². The zero-order valence-electron chi connectivity index (χ0n) is 25.9. The fraction of sp³-hybridized carbons (Fsp3) is 0.200. The van der Waals surface area contributed by atoms with E-state index < -0.39 is 0 Å². The number of benzene rings is 6. The van der Waals surface area contributed by atoms with Crippen molar-refractivity contribution in [1.82, 2.24) is 4.57 Å². The molecule has 1 aromatic heterocycles. The van der Waals surface area contributed by atoms with Gasteiger partial charge in [-0.25, -0.2) is 0 Å². The molecule has 1 spiro atoms. The van der Waals surface area contributed by atoms with E-state index in [0.717, 1.165) is 23.7 Å². The smallest absolute Gasteiger partial charge is 0.0541 e.